The number of hydrogen-bond donors (Lipinski definition) is 4. The normalized spacial score (nSPS) is 22.4. The third-order valence-electron chi connectivity index (χ3n) is 5.51. The molecule has 2 saturated carbocycles. The van der Waals surface area contributed by atoms with Gasteiger partial charge in [-0.15, -0.1) is 0 Å². The van der Waals surface area contributed by atoms with Crippen molar-refractivity contribution in [1.82, 2.24) is 10.3 Å². The minimum absolute atomic E-state index is 0.0441. The Morgan fingerprint density at radius 1 is 1.15 bits per heavy atom. The summed E-state index contributed by atoms with van der Waals surface area (Å²) in [5.74, 6) is -1.85. The fourth-order valence-electron chi connectivity index (χ4n) is 3.00. The number of carboxylic acid groups (broad SMARTS) is 2. The van der Waals surface area contributed by atoms with Crippen LogP contribution in [-0.4, -0.2) is 51.8 Å². The van der Waals surface area contributed by atoms with E-state index in [9.17, 15) is 18.0 Å². The number of sulfone groups is 1. The standard InChI is InChI=1S/C12H14N2O4S.C10H13Cl2NO2/c15-12(16)7-5-10(13-8-1-2-8)14-11(6-7)19(17,18)9-3-4-9;1-9(2,3)10(12)5-6(8(14)15)4-7(11)13-10/h5-6,8-9H,1-4H2,(H,13,14)(H,15,16);4-5,13H,1-3H3,(H,14,15). The van der Waals surface area contributed by atoms with E-state index in [2.05, 4.69) is 15.6 Å². The number of hydrogen-bond acceptors (Lipinski definition) is 7. The maximum absolute atomic E-state index is 12.1. The first kappa shape index (κ1) is 26.3. The molecule has 0 spiro atoms. The van der Waals surface area contributed by atoms with Crippen LogP contribution in [0.5, 0.6) is 0 Å². The molecule has 1 unspecified atom stereocenters. The highest BCUT2D eigenvalue weighted by Gasteiger charge is 2.41. The first-order chi connectivity index (χ1) is 15.6. The predicted octanol–water partition coefficient (Wildman–Crippen LogP) is 3.95. The number of pyridine rings is 1. The van der Waals surface area contributed by atoms with E-state index in [1.807, 2.05) is 20.8 Å². The molecule has 2 heterocycles. The quantitative estimate of drug-likeness (QED) is 0.316. The second-order valence-electron chi connectivity index (χ2n) is 9.53. The Hall–Kier alpha value is -2.30. The average molecular weight is 532 g/mol. The highest BCUT2D eigenvalue weighted by atomic mass is 35.5. The van der Waals surface area contributed by atoms with E-state index in [1.54, 1.807) is 0 Å². The van der Waals surface area contributed by atoms with E-state index in [-0.39, 0.29) is 32.8 Å². The Bertz CT molecular complexity index is 1170. The summed E-state index contributed by atoms with van der Waals surface area (Å²) in [4.78, 5) is 25.0. The molecule has 4 rings (SSSR count). The number of nitrogens with zero attached hydrogens (tertiary/aromatic N) is 1. The number of anilines is 1. The van der Waals surface area contributed by atoms with Crippen LogP contribution in [0.25, 0.3) is 0 Å². The molecular weight excluding hydrogens is 505 g/mol. The van der Waals surface area contributed by atoms with Crippen molar-refractivity contribution in [3.8, 4) is 0 Å². The monoisotopic (exact) mass is 531 g/mol. The van der Waals surface area contributed by atoms with Crippen LogP contribution in [0.2, 0.25) is 0 Å². The number of alkyl halides is 1. The molecule has 3 aliphatic rings. The Kier molecular flexibility index (Phi) is 7.27. The lowest BCUT2D eigenvalue weighted by Gasteiger charge is -2.40. The van der Waals surface area contributed by atoms with E-state index < -0.39 is 32.0 Å². The number of aromatic carboxylic acids is 1. The third-order valence-corrected chi connectivity index (χ3v) is 8.62. The maximum atomic E-state index is 12.1. The van der Waals surface area contributed by atoms with Crippen molar-refractivity contribution >= 4 is 50.8 Å². The number of nitrogens with one attached hydrogen (secondary N) is 2. The number of rotatable bonds is 6. The molecule has 1 aromatic heterocycles. The second-order valence-corrected chi connectivity index (χ2v) is 12.7. The molecule has 9 nitrogen and oxygen atoms in total. The van der Waals surface area contributed by atoms with Crippen molar-refractivity contribution in [2.24, 2.45) is 5.41 Å². The molecule has 1 aliphatic heterocycles. The molecule has 0 aromatic carbocycles. The average Bonchev–Trinajstić information content (AvgIpc) is 3.60. The van der Waals surface area contributed by atoms with Gasteiger partial charge in [-0.2, -0.15) is 0 Å². The molecule has 2 aliphatic carbocycles. The van der Waals surface area contributed by atoms with Gasteiger partial charge in [0.05, 0.1) is 16.4 Å². The molecule has 1 atom stereocenters. The van der Waals surface area contributed by atoms with E-state index in [4.69, 9.17) is 33.4 Å². The molecule has 186 valence electrons. The molecule has 4 N–H and O–H groups in total. The largest absolute Gasteiger partial charge is 0.478 e. The van der Waals surface area contributed by atoms with E-state index in [0.29, 0.717) is 18.7 Å². The minimum atomic E-state index is -3.47. The SMILES string of the molecule is CC(C)(C)C1(Cl)C=C(C(=O)O)C=C(Cl)N1.O=C(O)c1cc(NC2CC2)nc(S(=O)(=O)C2CC2)c1. The Labute approximate surface area is 208 Å². The van der Waals surface area contributed by atoms with Gasteiger partial charge in [0.15, 0.2) is 14.9 Å². The smallest absolute Gasteiger partial charge is 0.335 e. The van der Waals surface area contributed by atoms with Crippen LogP contribution in [0.4, 0.5) is 5.82 Å². The van der Waals surface area contributed by atoms with Gasteiger partial charge in [-0.05, 0) is 50.0 Å². The van der Waals surface area contributed by atoms with Gasteiger partial charge < -0.3 is 20.8 Å². The summed E-state index contributed by atoms with van der Waals surface area (Å²) in [5.41, 5.74) is -0.301. The van der Waals surface area contributed by atoms with Gasteiger partial charge in [-0.25, -0.2) is 23.0 Å². The van der Waals surface area contributed by atoms with Gasteiger partial charge in [0, 0.05) is 11.5 Å². The molecule has 0 amide bonds. The fraction of sp³-hybridized carbons (Fsp3) is 0.500. The number of aliphatic carboxylic acids is 1. The number of carboxylic acids is 2. The van der Waals surface area contributed by atoms with Crippen LogP contribution in [0.15, 0.2) is 40.0 Å². The van der Waals surface area contributed by atoms with Crippen LogP contribution in [0, 0.1) is 5.41 Å². The van der Waals surface area contributed by atoms with Gasteiger partial charge in [0.1, 0.15) is 16.0 Å². The molecule has 2 fully saturated rings. The van der Waals surface area contributed by atoms with E-state index in [1.165, 1.54) is 18.2 Å². The summed E-state index contributed by atoms with van der Waals surface area (Å²) in [7, 11) is -3.47. The molecular formula is C22H27Cl2N3O6S. The minimum Gasteiger partial charge on any atom is -0.478 e. The highest BCUT2D eigenvalue weighted by Crippen LogP contribution is 2.39. The van der Waals surface area contributed by atoms with Gasteiger partial charge in [-0.3, -0.25) is 0 Å². The summed E-state index contributed by atoms with van der Waals surface area (Å²) in [6, 6.07) is 2.81. The van der Waals surface area contributed by atoms with Crippen LogP contribution in [0.3, 0.4) is 0 Å². The molecule has 0 saturated heterocycles. The molecule has 0 bridgehead atoms. The second kappa shape index (κ2) is 9.39. The van der Waals surface area contributed by atoms with Crippen molar-refractivity contribution in [1.29, 1.82) is 0 Å². The lowest BCUT2D eigenvalue weighted by molar-refractivity contribution is -0.132. The zero-order chi connectivity index (χ0) is 25.5. The van der Waals surface area contributed by atoms with Gasteiger partial charge in [0.25, 0.3) is 0 Å². The topological polar surface area (TPSA) is 146 Å². The van der Waals surface area contributed by atoms with Crippen molar-refractivity contribution in [2.45, 2.75) is 67.8 Å². The zero-order valence-corrected chi connectivity index (χ0v) is 21.3. The van der Waals surface area contributed by atoms with Crippen molar-refractivity contribution < 1.29 is 28.2 Å². The summed E-state index contributed by atoms with van der Waals surface area (Å²) in [5, 5.41) is 23.6. The number of halogens is 2. The van der Waals surface area contributed by atoms with Crippen LogP contribution in [0.1, 0.15) is 56.8 Å². The summed E-state index contributed by atoms with van der Waals surface area (Å²) >= 11 is 12.1. The summed E-state index contributed by atoms with van der Waals surface area (Å²) in [6.45, 7) is 5.70. The van der Waals surface area contributed by atoms with Crippen LogP contribution >= 0.6 is 23.2 Å². The molecule has 34 heavy (non-hydrogen) atoms. The maximum Gasteiger partial charge on any atom is 0.335 e. The molecule has 0 radical (unpaired) electrons. The number of dihydropyridines is 1. The molecule has 1 aromatic rings. The van der Waals surface area contributed by atoms with Crippen LogP contribution in [-0.2, 0) is 14.6 Å². The zero-order valence-electron chi connectivity index (χ0n) is 18.9. The van der Waals surface area contributed by atoms with Crippen LogP contribution < -0.4 is 10.6 Å². The molecule has 12 heteroatoms. The first-order valence-electron chi connectivity index (χ1n) is 10.7. The summed E-state index contributed by atoms with van der Waals surface area (Å²) in [6.07, 6.45) is 6.09. The Morgan fingerprint density at radius 3 is 2.24 bits per heavy atom. The number of aromatic nitrogens is 1. The highest BCUT2D eigenvalue weighted by molar-refractivity contribution is 7.92. The predicted molar refractivity (Wildman–Crippen MR) is 129 cm³/mol. The van der Waals surface area contributed by atoms with Gasteiger partial charge in [0.2, 0.25) is 0 Å². The van der Waals surface area contributed by atoms with Gasteiger partial charge >= 0.3 is 11.9 Å². The lowest BCUT2D eigenvalue weighted by Crippen LogP contribution is -2.49. The van der Waals surface area contributed by atoms with E-state index >= 15 is 0 Å². The first-order valence-corrected chi connectivity index (χ1v) is 13.0. The lowest BCUT2D eigenvalue weighted by atomic mass is 9.84. The Morgan fingerprint density at radius 2 is 1.76 bits per heavy atom. The van der Waals surface area contributed by atoms with Crippen molar-refractivity contribution in [2.75, 3.05) is 5.32 Å². The van der Waals surface area contributed by atoms with Crippen molar-refractivity contribution in [3.05, 3.63) is 40.6 Å². The van der Waals surface area contributed by atoms with Gasteiger partial charge in [-0.1, -0.05) is 44.0 Å². The van der Waals surface area contributed by atoms with Crippen molar-refractivity contribution in [3.63, 3.8) is 0 Å². The Balaban J connectivity index is 0.000000197. The summed E-state index contributed by atoms with van der Waals surface area (Å²) < 4.78 is 24.3. The number of carbonyl (C=O) groups is 2. The fourth-order valence-corrected chi connectivity index (χ4v) is 5.15. The third kappa shape index (κ3) is 6.22. The van der Waals surface area contributed by atoms with E-state index in [0.717, 1.165) is 18.9 Å².